The zero-order chi connectivity index (χ0) is 9.26. The number of fused-ring (bicyclic) bond motifs is 1. The molecule has 0 aliphatic carbocycles. The lowest BCUT2D eigenvalue weighted by atomic mass is 10.1. The van der Waals surface area contributed by atoms with Crippen LogP contribution in [0.5, 0.6) is 0 Å². The lowest BCUT2D eigenvalue weighted by Crippen LogP contribution is -1.90. The second kappa shape index (κ2) is 3.11. The SMILES string of the molecule is OCc1ccc(F)c2cccnc12. The topological polar surface area (TPSA) is 33.1 Å². The first-order chi connectivity index (χ1) is 6.33. The maximum absolute atomic E-state index is 13.2. The summed E-state index contributed by atoms with van der Waals surface area (Å²) in [4.78, 5) is 4.01. The highest BCUT2D eigenvalue weighted by Gasteiger charge is 2.04. The quantitative estimate of drug-likeness (QED) is 0.721. The van der Waals surface area contributed by atoms with Gasteiger partial charge >= 0.3 is 0 Å². The van der Waals surface area contributed by atoms with Gasteiger partial charge in [-0.2, -0.15) is 0 Å². The Morgan fingerprint density at radius 1 is 1.31 bits per heavy atom. The molecule has 0 atom stereocenters. The van der Waals surface area contributed by atoms with Crippen molar-refractivity contribution in [1.82, 2.24) is 4.98 Å². The summed E-state index contributed by atoms with van der Waals surface area (Å²) < 4.78 is 13.2. The fourth-order valence-corrected chi connectivity index (χ4v) is 1.32. The van der Waals surface area contributed by atoms with Crippen LogP contribution < -0.4 is 0 Å². The Morgan fingerprint density at radius 2 is 2.15 bits per heavy atom. The molecule has 0 bridgehead atoms. The molecule has 0 amide bonds. The highest BCUT2D eigenvalue weighted by Crippen LogP contribution is 2.19. The van der Waals surface area contributed by atoms with E-state index in [9.17, 15) is 4.39 Å². The van der Waals surface area contributed by atoms with Crippen molar-refractivity contribution < 1.29 is 9.50 Å². The molecular weight excluding hydrogens is 169 g/mol. The number of halogens is 1. The van der Waals surface area contributed by atoms with E-state index in [1.165, 1.54) is 6.07 Å². The predicted molar refractivity (Wildman–Crippen MR) is 47.6 cm³/mol. The molecule has 1 heterocycles. The molecule has 1 N–H and O–H groups in total. The van der Waals surface area contributed by atoms with Gasteiger partial charge in [-0.15, -0.1) is 0 Å². The van der Waals surface area contributed by atoms with Gasteiger partial charge in [0, 0.05) is 17.1 Å². The third-order valence-corrected chi connectivity index (χ3v) is 1.97. The molecule has 0 aliphatic heterocycles. The van der Waals surface area contributed by atoms with E-state index in [1.54, 1.807) is 24.4 Å². The Morgan fingerprint density at radius 3 is 2.92 bits per heavy atom. The van der Waals surface area contributed by atoms with Crippen LogP contribution in [0.15, 0.2) is 30.5 Å². The number of benzene rings is 1. The van der Waals surface area contributed by atoms with E-state index in [1.807, 2.05) is 0 Å². The molecule has 13 heavy (non-hydrogen) atoms. The van der Waals surface area contributed by atoms with E-state index in [0.29, 0.717) is 16.5 Å². The van der Waals surface area contributed by atoms with Gasteiger partial charge in [0.2, 0.25) is 0 Å². The number of aliphatic hydroxyl groups is 1. The molecule has 0 aliphatic rings. The number of rotatable bonds is 1. The average Bonchev–Trinajstić information content (AvgIpc) is 2.19. The molecule has 0 saturated carbocycles. The zero-order valence-electron chi connectivity index (χ0n) is 6.87. The van der Waals surface area contributed by atoms with Crippen molar-refractivity contribution in [3.8, 4) is 0 Å². The Bertz CT molecular complexity index is 442. The van der Waals surface area contributed by atoms with Crippen molar-refractivity contribution in [2.75, 3.05) is 0 Å². The van der Waals surface area contributed by atoms with Crippen LogP contribution in [0.2, 0.25) is 0 Å². The minimum Gasteiger partial charge on any atom is -0.392 e. The van der Waals surface area contributed by atoms with Crippen LogP contribution in [0.3, 0.4) is 0 Å². The second-order valence-electron chi connectivity index (χ2n) is 2.76. The molecule has 0 saturated heterocycles. The maximum atomic E-state index is 13.2. The summed E-state index contributed by atoms with van der Waals surface area (Å²) in [7, 11) is 0. The Kier molecular flexibility index (Phi) is 1.94. The van der Waals surface area contributed by atoms with E-state index < -0.39 is 0 Å². The Labute approximate surface area is 74.7 Å². The summed E-state index contributed by atoms with van der Waals surface area (Å²) in [6.07, 6.45) is 1.58. The van der Waals surface area contributed by atoms with Crippen LogP contribution in [0.25, 0.3) is 10.9 Å². The first-order valence-electron chi connectivity index (χ1n) is 3.96. The fourth-order valence-electron chi connectivity index (χ4n) is 1.32. The smallest absolute Gasteiger partial charge is 0.132 e. The van der Waals surface area contributed by atoms with Crippen LogP contribution >= 0.6 is 0 Å². The van der Waals surface area contributed by atoms with Crippen LogP contribution in [-0.2, 0) is 6.61 Å². The lowest BCUT2D eigenvalue weighted by Gasteiger charge is -2.02. The van der Waals surface area contributed by atoms with Crippen molar-refractivity contribution in [3.05, 3.63) is 41.8 Å². The summed E-state index contributed by atoms with van der Waals surface area (Å²) in [5.74, 6) is -0.305. The molecule has 2 nitrogen and oxygen atoms in total. The summed E-state index contributed by atoms with van der Waals surface area (Å²) in [5.41, 5.74) is 1.18. The molecule has 2 aromatic rings. The van der Waals surface area contributed by atoms with Gasteiger partial charge in [-0.3, -0.25) is 4.98 Å². The molecule has 0 unspecified atom stereocenters. The maximum Gasteiger partial charge on any atom is 0.132 e. The number of hydrogen-bond acceptors (Lipinski definition) is 2. The fraction of sp³-hybridized carbons (Fsp3) is 0.100. The minimum atomic E-state index is -0.305. The average molecular weight is 177 g/mol. The normalized spacial score (nSPS) is 10.6. The van der Waals surface area contributed by atoms with Gasteiger partial charge in [0.05, 0.1) is 12.1 Å². The molecule has 1 aromatic carbocycles. The molecule has 2 rings (SSSR count). The van der Waals surface area contributed by atoms with Gasteiger partial charge in [0.1, 0.15) is 5.82 Å². The van der Waals surface area contributed by atoms with Gasteiger partial charge in [-0.1, -0.05) is 6.07 Å². The van der Waals surface area contributed by atoms with Crippen LogP contribution in [0.1, 0.15) is 5.56 Å². The van der Waals surface area contributed by atoms with Crippen molar-refractivity contribution in [1.29, 1.82) is 0 Å². The van der Waals surface area contributed by atoms with Crippen LogP contribution in [0.4, 0.5) is 4.39 Å². The van der Waals surface area contributed by atoms with Crippen LogP contribution in [-0.4, -0.2) is 10.1 Å². The number of pyridine rings is 1. The van der Waals surface area contributed by atoms with Crippen LogP contribution in [0, 0.1) is 5.82 Å². The molecule has 3 heteroatoms. The molecule has 1 aromatic heterocycles. The highest BCUT2D eigenvalue weighted by atomic mass is 19.1. The largest absolute Gasteiger partial charge is 0.392 e. The number of nitrogens with zero attached hydrogens (tertiary/aromatic N) is 1. The summed E-state index contributed by atoms with van der Waals surface area (Å²) in [6.45, 7) is -0.117. The van der Waals surface area contributed by atoms with Gasteiger partial charge in [0.25, 0.3) is 0 Å². The summed E-state index contributed by atoms with van der Waals surface area (Å²) >= 11 is 0. The highest BCUT2D eigenvalue weighted by molar-refractivity contribution is 5.82. The monoisotopic (exact) mass is 177 g/mol. The Balaban J connectivity index is 2.84. The number of hydrogen-bond donors (Lipinski definition) is 1. The number of aromatic nitrogens is 1. The second-order valence-corrected chi connectivity index (χ2v) is 2.76. The van der Waals surface area contributed by atoms with Gasteiger partial charge in [-0.05, 0) is 18.2 Å². The molecule has 66 valence electrons. The molecular formula is C10H8FNO. The van der Waals surface area contributed by atoms with E-state index in [2.05, 4.69) is 4.98 Å². The van der Waals surface area contributed by atoms with Gasteiger partial charge in [-0.25, -0.2) is 4.39 Å². The van der Waals surface area contributed by atoms with E-state index in [4.69, 9.17) is 5.11 Å². The minimum absolute atomic E-state index is 0.117. The third-order valence-electron chi connectivity index (χ3n) is 1.97. The van der Waals surface area contributed by atoms with E-state index in [0.717, 1.165) is 0 Å². The predicted octanol–water partition coefficient (Wildman–Crippen LogP) is 1.87. The molecule has 0 spiro atoms. The first kappa shape index (κ1) is 8.13. The lowest BCUT2D eigenvalue weighted by molar-refractivity contribution is 0.283. The van der Waals surface area contributed by atoms with E-state index >= 15 is 0 Å². The summed E-state index contributed by atoms with van der Waals surface area (Å²) in [6, 6.07) is 6.21. The number of aliphatic hydroxyl groups excluding tert-OH is 1. The van der Waals surface area contributed by atoms with Crippen molar-refractivity contribution in [3.63, 3.8) is 0 Å². The van der Waals surface area contributed by atoms with Gasteiger partial charge in [0.15, 0.2) is 0 Å². The van der Waals surface area contributed by atoms with E-state index in [-0.39, 0.29) is 12.4 Å². The zero-order valence-corrected chi connectivity index (χ0v) is 6.87. The third kappa shape index (κ3) is 1.27. The standard InChI is InChI=1S/C10H8FNO/c11-9-4-3-7(6-13)10-8(9)2-1-5-12-10/h1-5,13H,6H2. The first-order valence-corrected chi connectivity index (χ1v) is 3.96. The Hall–Kier alpha value is -1.48. The van der Waals surface area contributed by atoms with Crippen molar-refractivity contribution >= 4 is 10.9 Å². The molecule has 0 fully saturated rings. The van der Waals surface area contributed by atoms with Crippen molar-refractivity contribution in [2.24, 2.45) is 0 Å². The van der Waals surface area contributed by atoms with Crippen molar-refractivity contribution in [2.45, 2.75) is 6.61 Å². The van der Waals surface area contributed by atoms with Gasteiger partial charge < -0.3 is 5.11 Å². The summed E-state index contributed by atoms with van der Waals surface area (Å²) in [5, 5.41) is 9.42. The molecule has 0 radical (unpaired) electrons.